The van der Waals surface area contributed by atoms with Crippen LogP contribution < -0.4 is 15.3 Å². The average molecular weight is 689 g/mol. The van der Waals surface area contributed by atoms with Crippen LogP contribution in [0.25, 0.3) is 0 Å². The van der Waals surface area contributed by atoms with Crippen molar-refractivity contribution in [2.24, 2.45) is 32.5 Å². The van der Waals surface area contributed by atoms with Gasteiger partial charge in [-0.25, -0.2) is 0 Å². The van der Waals surface area contributed by atoms with E-state index in [4.69, 9.17) is 0 Å². The van der Waals surface area contributed by atoms with Crippen molar-refractivity contribution in [2.45, 2.75) is 125 Å². The molecule has 0 unspecified atom stereocenters. The molecule has 0 aliphatic carbocycles. The van der Waals surface area contributed by atoms with Crippen molar-refractivity contribution >= 4 is 17.3 Å². The van der Waals surface area contributed by atoms with E-state index in [0.717, 1.165) is 0 Å². The van der Waals surface area contributed by atoms with E-state index in [-0.39, 0.29) is 70.2 Å². The fourth-order valence-corrected chi connectivity index (χ4v) is 1.66. The van der Waals surface area contributed by atoms with Gasteiger partial charge in [-0.15, -0.1) is 17.3 Å². The second-order valence-corrected chi connectivity index (χ2v) is 16.1. The standard InChI is InChI=1S/3C11H20O2.La/c3*1-10(2,3)8(12)7-9(13)11(4,5)6;/h3*7,12H,1-6H3;/q;;;+3/p-3/b3*8-7-;. The van der Waals surface area contributed by atoms with E-state index in [0.29, 0.717) is 0 Å². The summed E-state index contributed by atoms with van der Waals surface area (Å²) in [4.78, 5) is 34.3. The van der Waals surface area contributed by atoms with Crippen LogP contribution >= 0.6 is 0 Å². The molecule has 0 spiro atoms. The molecule has 0 fully saturated rings. The molecule has 0 aromatic carbocycles. The molecule has 0 amide bonds. The molecule has 0 radical (unpaired) electrons. The van der Waals surface area contributed by atoms with Gasteiger partial charge in [0.2, 0.25) is 0 Å². The Kier molecular flexibility index (Phi) is 18.8. The van der Waals surface area contributed by atoms with Gasteiger partial charge in [0.25, 0.3) is 0 Å². The first-order valence-electron chi connectivity index (χ1n) is 13.5. The monoisotopic (exact) mass is 688 g/mol. The first-order valence-corrected chi connectivity index (χ1v) is 13.5. The van der Waals surface area contributed by atoms with Crippen molar-refractivity contribution in [1.82, 2.24) is 0 Å². The van der Waals surface area contributed by atoms with Crippen LogP contribution in [0.15, 0.2) is 35.5 Å². The Hall–Kier alpha value is -1.18. The first kappa shape index (κ1) is 45.8. The summed E-state index contributed by atoms with van der Waals surface area (Å²) in [5.41, 5.74) is -2.74. The predicted molar refractivity (Wildman–Crippen MR) is 156 cm³/mol. The van der Waals surface area contributed by atoms with E-state index in [2.05, 4.69) is 0 Å². The van der Waals surface area contributed by atoms with E-state index in [1.807, 2.05) is 125 Å². The zero-order valence-electron chi connectivity index (χ0n) is 28.8. The van der Waals surface area contributed by atoms with Crippen LogP contribution in [0.3, 0.4) is 0 Å². The minimum absolute atomic E-state index is 0. The van der Waals surface area contributed by atoms with Crippen molar-refractivity contribution in [1.29, 1.82) is 0 Å². The van der Waals surface area contributed by atoms with Gasteiger partial charge in [-0.1, -0.05) is 125 Å². The molecule has 0 aromatic heterocycles. The molecule has 0 atom stereocenters. The zero-order valence-corrected chi connectivity index (χ0v) is 32.4. The van der Waals surface area contributed by atoms with Gasteiger partial charge in [-0.2, -0.15) is 0 Å². The average Bonchev–Trinajstić information content (AvgIpc) is 2.64. The smallest absolute Gasteiger partial charge is 0.875 e. The Balaban J connectivity index is -0.000000240. The zero-order chi connectivity index (χ0) is 32.6. The Morgan fingerprint density at radius 3 is 0.550 bits per heavy atom. The van der Waals surface area contributed by atoms with E-state index in [1.165, 1.54) is 18.2 Å². The second kappa shape index (κ2) is 16.5. The molecular weight excluding hydrogens is 631 g/mol. The molecule has 0 aromatic rings. The summed E-state index contributed by atoms with van der Waals surface area (Å²) < 4.78 is 0. The summed E-state index contributed by atoms with van der Waals surface area (Å²) >= 11 is 0. The normalized spacial score (nSPS) is 14.1. The fraction of sp³-hybridized carbons (Fsp3) is 0.727. The van der Waals surface area contributed by atoms with E-state index < -0.39 is 32.5 Å². The topological polar surface area (TPSA) is 120 Å². The summed E-state index contributed by atoms with van der Waals surface area (Å²) in [7, 11) is 0. The molecule has 6 nitrogen and oxygen atoms in total. The van der Waals surface area contributed by atoms with Crippen LogP contribution in [-0.4, -0.2) is 17.3 Å². The molecule has 0 saturated carbocycles. The van der Waals surface area contributed by atoms with Crippen molar-refractivity contribution < 1.29 is 65.3 Å². The van der Waals surface area contributed by atoms with Gasteiger partial charge < -0.3 is 15.3 Å². The molecule has 40 heavy (non-hydrogen) atoms. The Labute approximate surface area is 273 Å². The molecule has 0 N–H and O–H groups in total. The predicted octanol–water partition coefficient (Wildman–Crippen LogP) is 5.68. The van der Waals surface area contributed by atoms with Crippen molar-refractivity contribution in [3.63, 3.8) is 0 Å². The number of allylic oxidation sites excluding steroid dienone is 6. The maximum absolute atomic E-state index is 11.4. The fourth-order valence-electron chi connectivity index (χ4n) is 1.66. The summed E-state index contributed by atoms with van der Waals surface area (Å²) in [5, 5.41) is 34.3. The quantitative estimate of drug-likeness (QED) is 0.278. The number of carbonyl (C=O) groups is 3. The van der Waals surface area contributed by atoms with Gasteiger partial charge in [0.15, 0.2) is 17.3 Å². The van der Waals surface area contributed by atoms with Gasteiger partial charge in [0.1, 0.15) is 0 Å². The molecule has 0 aliphatic heterocycles. The molecule has 0 rings (SSSR count). The second-order valence-electron chi connectivity index (χ2n) is 16.1. The first-order chi connectivity index (χ1) is 16.6. The van der Waals surface area contributed by atoms with Crippen LogP contribution in [0, 0.1) is 68.1 Å². The SMILES string of the molecule is CC(C)(C)C(=O)/C=C(\[O-])C(C)(C)C.CC(C)(C)C(=O)/C=C(\[O-])C(C)(C)C.CC(C)(C)C(=O)/C=C(\[O-])C(C)(C)C.[La+3]. The van der Waals surface area contributed by atoms with Gasteiger partial charge in [-0.05, 0) is 34.5 Å². The largest absolute Gasteiger partial charge is 3.00 e. The summed E-state index contributed by atoms with van der Waals surface area (Å²) in [6.07, 6.45) is 3.67. The van der Waals surface area contributed by atoms with Crippen LogP contribution in [0.2, 0.25) is 0 Å². The molecule has 0 heterocycles. The molecule has 0 aliphatic rings. The van der Waals surface area contributed by atoms with Crippen molar-refractivity contribution in [3.05, 3.63) is 35.5 Å². The minimum Gasteiger partial charge on any atom is -0.875 e. The number of ketones is 3. The third-order valence-corrected chi connectivity index (χ3v) is 5.22. The third-order valence-electron chi connectivity index (χ3n) is 5.22. The third kappa shape index (κ3) is 21.6. The van der Waals surface area contributed by atoms with Gasteiger partial charge in [-0.3, -0.25) is 14.4 Å². The number of hydrogen-bond acceptors (Lipinski definition) is 6. The van der Waals surface area contributed by atoms with E-state index in [1.54, 1.807) is 0 Å². The van der Waals surface area contributed by atoms with Crippen LogP contribution in [0.1, 0.15) is 125 Å². The number of hydrogen-bond donors (Lipinski definition) is 0. The van der Waals surface area contributed by atoms with Crippen LogP contribution in [0.5, 0.6) is 0 Å². The minimum atomic E-state index is -0.457. The van der Waals surface area contributed by atoms with E-state index in [9.17, 15) is 29.7 Å². The Morgan fingerprint density at radius 2 is 0.475 bits per heavy atom. The summed E-state index contributed by atoms with van der Waals surface area (Å²) in [6, 6.07) is 0. The van der Waals surface area contributed by atoms with Crippen molar-refractivity contribution in [2.75, 3.05) is 0 Å². The van der Waals surface area contributed by atoms with Gasteiger partial charge in [0, 0.05) is 16.2 Å². The Bertz CT molecular complexity index is 801. The van der Waals surface area contributed by atoms with Crippen LogP contribution in [-0.2, 0) is 14.4 Å². The molecule has 0 saturated heterocycles. The van der Waals surface area contributed by atoms with Crippen molar-refractivity contribution in [3.8, 4) is 0 Å². The van der Waals surface area contributed by atoms with Gasteiger partial charge >= 0.3 is 35.6 Å². The maximum Gasteiger partial charge on any atom is 3.00 e. The van der Waals surface area contributed by atoms with Gasteiger partial charge in [0.05, 0.1) is 0 Å². The summed E-state index contributed by atoms with van der Waals surface area (Å²) in [5.74, 6) is -0.625. The summed E-state index contributed by atoms with van der Waals surface area (Å²) in [6.45, 7) is 32.5. The van der Waals surface area contributed by atoms with Crippen LogP contribution in [0.4, 0.5) is 0 Å². The maximum atomic E-state index is 11.4. The number of carbonyl (C=O) groups excluding carboxylic acids is 3. The van der Waals surface area contributed by atoms with E-state index >= 15 is 0 Å². The molecular formula is C33H57LaO6. The number of rotatable bonds is 3. The molecule has 0 bridgehead atoms. The molecule has 228 valence electrons. The molecule has 7 heteroatoms. The Morgan fingerprint density at radius 1 is 0.350 bits per heavy atom.